The molecule has 106 valence electrons. The first-order valence-corrected chi connectivity index (χ1v) is 7.33. The molecule has 1 amide bonds. The summed E-state index contributed by atoms with van der Waals surface area (Å²) in [5, 5.41) is 6.67. The van der Waals surface area contributed by atoms with E-state index in [-0.39, 0.29) is 17.4 Å². The number of rotatable bonds is 5. The minimum Gasteiger partial charge on any atom is -0.356 e. The van der Waals surface area contributed by atoms with Crippen molar-refractivity contribution in [2.45, 2.75) is 71.9 Å². The van der Waals surface area contributed by atoms with Crippen molar-refractivity contribution in [2.24, 2.45) is 11.8 Å². The lowest BCUT2D eigenvalue weighted by molar-refractivity contribution is -0.124. The standard InChI is InChI=1S/C15H30N2O/c1-11(2)8-9-16-14(18)12-6-7-13(10-12)17-15(3,4)5/h11-13,17H,6-10H2,1-5H3,(H,16,18)/t12-,13+/m0/s1. The van der Waals surface area contributed by atoms with Crippen LogP contribution in [0.5, 0.6) is 0 Å². The highest BCUT2D eigenvalue weighted by molar-refractivity contribution is 5.78. The fourth-order valence-electron chi connectivity index (χ4n) is 2.59. The maximum absolute atomic E-state index is 12.0. The van der Waals surface area contributed by atoms with Crippen molar-refractivity contribution in [1.29, 1.82) is 0 Å². The van der Waals surface area contributed by atoms with E-state index in [9.17, 15) is 4.79 Å². The molecule has 0 saturated heterocycles. The van der Waals surface area contributed by atoms with E-state index in [1.54, 1.807) is 0 Å². The van der Waals surface area contributed by atoms with Gasteiger partial charge >= 0.3 is 0 Å². The second-order valence-corrected chi connectivity index (χ2v) is 7.07. The van der Waals surface area contributed by atoms with Crippen molar-refractivity contribution in [3.63, 3.8) is 0 Å². The first-order chi connectivity index (χ1) is 8.28. The Morgan fingerprint density at radius 2 is 1.94 bits per heavy atom. The molecule has 3 nitrogen and oxygen atoms in total. The summed E-state index contributed by atoms with van der Waals surface area (Å²) in [4.78, 5) is 12.0. The van der Waals surface area contributed by atoms with Gasteiger partial charge in [-0.1, -0.05) is 13.8 Å². The number of nitrogens with one attached hydrogen (secondary N) is 2. The van der Waals surface area contributed by atoms with Crippen molar-refractivity contribution in [1.82, 2.24) is 10.6 Å². The van der Waals surface area contributed by atoms with E-state index < -0.39 is 0 Å². The second-order valence-electron chi connectivity index (χ2n) is 7.07. The zero-order valence-corrected chi connectivity index (χ0v) is 12.7. The van der Waals surface area contributed by atoms with E-state index in [1.807, 2.05) is 0 Å². The molecule has 1 fully saturated rings. The predicted molar refractivity (Wildman–Crippen MR) is 76.5 cm³/mol. The quantitative estimate of drug-likeness (QED) is 0.792. The first kappa shape index (κ1) is 15.5. The molecule has 0 radical (unpaired) electrons. The van der Waals surface area contributed by atoms with Crippen molar-refractivity contribution in [3.05, 3.63) is 0 Å². The number of hydrogen-bond acceptors (Lipinski definition) is 2. The van der Waals surface area contributed by atoms with Gasteiger partial charge in [-0.3, -0.25) is 4.79 Å². The molecule has 0 aromatic heterocycles. The molecule has 0 spiro atoms. The molecule has 1 rings (SSSR count). The molecular weight excluding hydrogens is 224 g/mol. The zero-order chi connectivity index (χ0) is 13.8. The van der Waals surface area contributed by atoms with E-state index in [2.05, 4.69) is 45.3 Å². The van der Waals surface area contributed by atoms with Gasteiger partial charge in [0.15, 0.2) is 0 Å². The molecule has 2 N–H and O–H groups in total. The monoisotopic (exact) mass is 254 g/mol. The van der Waals surface area contributed by atoms with Crippen LogP contribution in [-0.2, 0) is 4.79 Å². The lowest BCUT2D eigenvalue weighted by atomic mass is 10.0. The summed E-state index contributed by atoms with van der Waals surface area (Å²) >= 11 is 0. The van der Waals surface area contributed by atoms with E-state index in [4.69, 9.17) is 0 Å². The number of carbonyl (C=O) groups excluding carboxylic acids is 1. The molecule has 0 aromatic carbocycles. The third kappa shape index (κ3) is 5.85. The Labute approximate surface area is 112 Å². The summed E-state index contributed by atoms with van der Waals surface area (Å²) in [7, 11) is 0. The third-order valence-corrected chi connectivity index (χ3v) is 3.46. The van der Waals surface area contributed by atoms with Crippen LogP contribution in [0.1, 0.15) is 60.3 Å². The molecule has 1 aliphatic carbocycles. The third-order valence-electron chi connectivity index (χ3n) is 3.46. The molecule has 1 saturated carbocycles. The Morgan fingerprint density at radius 3 is 2.50 bits per heavy atom. The Morgan fingerprint density at radius 1 is 1.28 bits per heavy atom. The van der Waals surface area contributed by atoms with Crippen LogP contribution in [0, 0.1) is 11.8 Å². The molecule has 0 bridgehead atoms. The molecule has 0 aromatic rings. The topological polar surface area (TPSA) is 41.1 Å². The maximum Gasteiger partial charge on any atom is 0.223 e. The van der Waals surface area contributed by atoms with Crippen LogP contribution >= 0.6 is 0 Å². The fourth-order valence-corrected chi connectivity index (χ4v) is 2.59. The summed E-state index contributed by atoms with van der Waals surface area (Å²) in [5.41, 5.74) is 0.147. The second kappa shape index (κ2) is 6.55. The van der Waals surface area contributed by atoms with E-state index in [0.29, 0.717) is 12.0 Å². The summed E-state index contributed by atoms with van der Waals surface area (Å²) in [6.45, 7) is 11.7. The minimum absolute atomic E-state index is 0.147. The Hall–Kier alpha value is -0.570. The van der Waals surface area contributed by atoms with Crippen LogP contribution in [0.4, 0.5) is 0 Å². The SMILES string of the molecule is CC(C)CCNC(=O)[C@H]1CC[C@@H](NC(C)(C)C)C1. The molecule has 18 heavy (non-hydrogen) atoms. The van der Waals surface area contributed by atoms with Crippen LogP contribution in [-0.4, -0.2) is 24.0 Å². The van der Waals surface area contributed by atoms with Crippen LogP contribution in [0.25, 0.3) is 0 Å². The van der Waals surface area contributed by atoms with Crippen molar-refractivity contribution in [2.75, 3.05) is 6.54 Å². The van der Waals surface area contributed by atoms with Gasteiger partial charge in [0.25, 0.3) is 0 Å². The molecule has 1 aliphatic rings. The highest BCUT2D eigenvalue weighted by Gasteiger charge is 2.31. The molecule has 2 atom stereocenters. The largest absolute Gasteiger partial charge is 0.356 e. The van der Waals surface area contributed by atoms with Crippen molar-refractivity contribution < 1.29 is 4.79 Å². The van der Waals surface area contributed by atoms with Crippen molar-refractivity contribution in [3.8, 4) is 0 Å². The molecule has 0 heterocycles. The van der Waals surface area contributed by atoms with Gasteiger partial charge in [0, 0.05) is 24.0 Å². The van der Waals surface area contributed by atoms with Gasteiger partial charge in [-0.05, 0) is 52.4 Å². The van der Waals surface area contributed by atoms with Gasteiger partial charge in [0.1, 0.15) is 0 Å². The number of amides is 1. The summed E-state index contributed by atoms with van der Waals surface area (Å²) in [5.74, 6) is 1.13. The average molecular weight is 254 g/mol. The van der Waals surface area contributed by atoms with Gasteiger partial charge in [-0.25, -0.2) is 0 Å². The fraction of sp³-hybridized carbons (Fsp3) is 0.933. The molecule has 0 unspecified atom stereocenters. The lowest BCUT2D eigenvalue weighted by Gasteiger charge is -2.25. The van der Waals surface area contributed by atoms with E-state index >= 15 is 0 Å². The minimum atomic E-state index is 0.147. The van der Waals surface area contributed by atoms with Crippen LogP contribution in [0.2, 0.25) is 0 Å². The maximum atomic E-state index is 12.0. The predicted octanol–water partition coefficient (Wildman–Crippen LogP) is 2.71. The highest BCUT2D eigenvalue weighted by Crippen LogP contribution is 2.27. The lowest BCUT2D eigenvalue weighted by Crippen LogP contribution is -2.42. The van der Waals surface area contributed by atoms with Crippen LogP contribution in [0.3, 0.4) is 0 Å². The van der Waals surface area contributed by atoms with E-state index in [1.165, 1.54) is 0 Å². The summed E-state index contributed by atoms with van der Waals surface area (Å²) in [6.07, 6.45) is 4.22. The van der Waals surface area contributed by atoms with Gasteiger partial charge in [0.2, 0.25) is 5.91 Å². The highest BCUT2D eigenvalue weighted by atomic mass is 16.1. The average Bonchev–Trinajstić information content (AvgIpc) is 2.62. The summed E-state index contributed by atoms with van der Waals surface area (Å²) in [6, 6.07) is 0.505. The molecule has 0 aliphatic heterocycles. The van der Waals surface area contributed by atoms with Crippen LogP contribution in [0.15, 0.2) is 0 Å². The number of carbonyl (C=O) groups is 1. The zero-order valence-electron chi connectivity index (χ0n) is 12.7. The van der Waals surface area contributed by atoms with Gasteiger partial charge < -0.3 is 10.6 Å². The first-order valence-electron chi connectivity index (χ1n) is 7.33. The van der Waals surface area contributed by atoms with E-state index in [0.717, 1.165) is 32.2 Å². The van der Waals surface area contributed by atoms with Crippen molar-refractivity contribution >= 4 is 5.91 Å². The Balaban J connectivity index is 2.26. The Bertz CT molecular complexity index is 268. The smallest absolute Gasteiger partial charge is 0.223 e. The van der Waals surface area contributed by atoms with Gasteiger partial charge in [0.05, 0.1) is 0 Å². The van der Waals surface area contributed by atoms with Crippen LogP contribution < -0.4 is 10.6 Å². The number of hydrogen-bond donors (Lipinski definition) is 2. The Kier molecular flexibility index (Phi) is 5.64. The molecular formula is C15H30N2O. The van der Waals surface area contributed by atoms with Gasteiger partial charge in [-0.15, -0.1) is 0 Å². The summed E-state index contributed by atoms with van der Waals surface area (Å²) < 4.78 is 0. The normalized spacial score (nSPS) is 24.6. The van der Waals surface area contributed by atoms with Gasteiger partial charge in [-0.2, -0.15) is 0 Å². The molecule has 3 heteroatoms.